The summed E-state index contributed by atoms with van der Waals surface area (Å²) in [5, 5.41) is 2.86. The molecule has 0 aromatic heterocycles. The molecule has 0 radical (unpaired) electrons. The van der Waals surface area contributed by atoms with E-state index in [1.165, 1.54) is 0 Å². The molecule has 1 N–H and O–H groups in total. The van der Waals surface area contributed by atoms with Crippen molar-refractivity contribution in [2.75, 3.05) is 25.6 Å². The van der Waals surface area contributed by atoms with Crippen LogP contribution in [0.15, 0.2) is 83.3 Å². The largest absolute Gasteiger partial charge is 0.383 e. The molecule has 3 aromatic rings. The normalized spacial score (nSPS) is 10.5. The van der Waals surface area contributed by atoms with Gasteiger partial charge in [-0.3, -0.25) is 9.59 Å². The molecular formula is C24H23BrN2O3. The molecule has 154 valence electrons. The van der Waals surface area contributed by atoms with Crippen LogP contribution < -0.4 is 5.32 Å². The summed E-state index contributed by atoms with van der Waals surface area (Å²) in [6.45, 7) is 1.40. The van der Waals surface area contributed by atoms with Gasteiger partial charge >= 0.3 is 0 Å². The fourth-order valence-corrected chi connectivity index (χ4v) is 3.40. The van der Waals surface area contributed by atoms with Crippen LogP contribution in [-0.2, 0) is 11.3 Å². The van der Waals surface area contributed by atoms with E-state index in [1.807, 2.05) is 36.4 Å². The van der Waals surface area contributed by atoms with Gasteiger partial charge in [-0.25, -0.2) is 0 Å². The van der Waals surface area contributed by atoms with E-state index in [2.05, 4.69) is 21.2 Å². The minimum Gasteiger partial charge on any atom is -0.383 e. The molecule has 0 aliphatic carbocycles. The third-order valence-electron chi connectivity index (χ3n) is 4.52. The van der Waals surface area contributed by atoms with Crippen molar-refractivity contribution in [3.63, 3.8) is 0 Å². The molecule has 0 saturated heterocycles. The number of rotatable bonds is 8. The van der Waals surface area contributed by atoms with E-state index in [9.17, 15) is 9.59 Å². The summed E-state index contributed by atoms with van der Waals surface area (Å²) in [6, 6.07) is 23.9. The monoisotopic (exact) mass is 466 g/mol. The standard InChI is InChI=1S/C24H23BrN2O3/c1-30-14-13-27(17-18-7-3-2-4-8-18)24(29)20-10-6-12-22(16-20)26-23(28)19-9-5-11-21(25)15-19/h2-12,15-16H,13-14,17H2,1H3,(H,26,28). The minimum atomic E-state index is -0.235. The number of halogens is 1. The Labute approximate surface area is 184 Å². The Bertz CT molecular complexity index is 1010. The van der Waals surface area contributed by atoms with Crippen molar-refractivity contribution in [2.24, 2.45) is 0 Å². The highest BCUT2D eigenvalue weighted by Gasteiger charge is 2.17. The highest BCUT2D eigenvalue weighted by molar-refractivity contribution is 9.10. The van der Waals surface area contributed by atoms with E-state index in [0.717, 1.165) is 10.0 Å². The van der Waals surface area contributed by atoms with Crippen molar-refractivity contribution < 1.29 is 14.3 Å². The molecule has 5 nitrogen and oxygen atoms in total. The first kappa shape index (κ1) is 21.7. The molecule has 0 saturated carbocycles. The average Bonchev–Trinajstić information content (AvgIpc) is 2.77. The Morgan fingerprint density at radius 2 is 1.67 bits per heavy atom. The lowest BCUT2D eigenvalue weighted by Gasteiger charge is -2.23. The topological polar surface area (TPSA) is 58.6 Å². The van der Waals surface area contributed by atoms with Crippen LogP contribution in [0.3, 0.4) is 0 Å². The first-order valence-electron chi connectivity index (χ1n) is 9.56. The third kappa shape index (κ3) is 6.02. The first-order chi connectivity index (χ1) is 14.6. The summed E-state index contributed by atoms with van der Waals surface area (Å²) in [5.74, 6) is -0.351. The lowest BCUT2D eigenvalue weighted by Crippen LogP contribution is -2.33. The highest BCUT2D eigenvalue weighted by atomic mass is 79.9. The number of hydrogen-bond donors (Lipinski definition) is 1. The van der Waals surface area contributed by atoms with E-state index >= 15 is 0 Å². The molecule has 0 unspecified atom stereocenters. The molecule has 0 atom stereocenters. The lowest BCUT2D eigenvalue weighted by atomic mass is 10.1. The van der Waals surface area contributed by atoms with Crippen LogP contribution in [0, 0.1) is 0 Å². The molecule has 0 bridgehead atoms. The summed E-state index contributed by atoms with van der Waals surface area (Å²) in [7, 11) is 1.61. The Morgan fingerprint density at radius 3 is 2.40 bits per heavy atom. The Balaban J connectivity index is 1.76. The smallest absolute Gasteiger partial charge is 0.255 e. The van der Waals surface area contributed by atoms with Gasteiger partial charge in [0.15, 0.2) is 0 Å². The van der Waals surface area contributed by atoms with Crippen LogP contribution in [0.1, 0.15) is 26.3 Å². The van der Waals surface area contributed by atoms with Gasteiger partial charge in [-0.1, -0.05) is 58.4 Å². The lowest BCUT2D eigenvalue weighted by molar-refractivity contribution is 0.0680. The van der Waals surface area contributed by atoms with Crippen LogP contribution in [-0.4, -0.2) is 37.0 Å². The molecule has 0 aliphatic rings. The Kier molecular flexibility index (Phi) is 7.76. The summed E-state index contributed by atoms with van der Waals surface area (Å²) in [5.41, 5.74) is 2.65. The predicted molar refractivity (Wildman–Crippen MR) is 122 cm³/mol. The molecule has 30 heavy (non-hydrogen) atoms. The van der Waals surface area contributed by atoms with Gasteiger partial charge in [0, 0.05) is 41.5 Å². The summed E-state index contributed by atoms with van der Waals surface area (Å²) < 4.78 is 6.00. The van der Waals surface area contributed by atoms with Crippen molar-refractivity contribution in [1.82, 2.24) is 4.90 Å². The van der Waals surface area contributed by atoms with Gasteiger partial charge in [0.05, 0.1) is 6.61 Å². The minimum absolute atomic E-state index is 0.116. The number of anilines is 1. The third-order valence-corrected chi connectivity index (χ3v) is 5.02. The van der Waals surface area contributed by atoms with Crippen LogP contribution in [0.25, 0.3) is 0 Å². The summed E-state index contributed by atoms with van der Waals surface area (Å²) in [6.07, 6.45) is 0. The molecular weight excluding hydrogens is 444 g/mol. The van der Waals surface area contributed by atoms with Gasteiger partial charge in [-0.2, -0.15) is 0 Å². The second-order valence-corrected chi connectivity index (χ2v) is 7.67. The zero-order valence-electron chi connectivity index (χ0n) is 16.7. The quantitative estimate of drug-likeness (QED) is 0.508. The molecule has 3 rings (SSSR count). The van der Waals surface area contributed by atoms with Gasteiger partial charge in [0.25, 0.3) is 11.8 Å². The van der Waals surface area contributed by atoms with Crippen LogP contribution in [0.5, 0.6) is 0 Å². The molecule has 3 aromatic carbocycles. The number of ether oxygens (including phenoxy) is 1. The number of hydrogen-bond acceptors (Lipinski definition) is 3. The molecule has 6 heteroatoms. The van der Waals surface area contributed by atoms with E-state index in [1.54, 1.807) is 54.5 Å². The van der Waals surface area contributed by atoms with E-state index in [4.69, 9.17) is 4.74 Å². The van der Waals surface area contributed by atoms with Gasteiger partial charge in [0.2, 0.25) is 0 Å². The first-order valence-corrected chi connectivity index (χ1v) is 10.4. The predicted octanol–water partition coefficient (Wildman–Crippen LogP) is 4.99. The van der Waals surface area contributed by atoms with Crippen molar-refractivity contribution in [2.45, 2.75) is 6.54 Å². The van der Waals surface area contributed by atoms with Crippen LogP contribution >= 0.6 is 15.9 Å². The van der Waals surface area contributed by atoms with E-state index < -0.39 is 0 Å². The number of nitrogens with zero attached hydrogens (tertiary/aromatic N) is 1. The summed E-state index contributed by atoms with van der Waals surface area (Å²) >= 11 is 3.37. The van der Waals surface area contributed by atoms with Gasteiger partial charge in [0.1, 0.15) is 0 Å². The fourth-order valence-electron chi connectivity index (χ4n) is 3.00. The number of carbonyl (C=O) groups is 2. The number of methoxy groups -OCH3 is 1. The number of nitrogens with one attached hydrogen (secondary N) is 1. The average molecular weight is 467 g/mol. The maximum Gasteiger partial charge on any atom is 0.255 e. The van der Waals surface area contributed by atoms with Crippen molar-refractivity contribution in [3.8, 4) is 0 Å². The van der Waals surface area contributed by atoms with Gasteiger partial charge < -0.3 is 15.0 Å². The van der Waals surface area contributed by atoms with Crippen LogP contribution in [0.2, 0.25) is 0 Å². The maximum atomic E-state index is 13.2. The number of carbonyl (C=O) groups excluding carboxylic acids is 2. The SMILES string of the molecule is COCCN(Cc1ccccc1)C(=O)c1cccc(NC(=O)c2cccc(Br)c2)c1. The van der Waals surface area contributed by atoms with Crippen molar-refractivity contribution >= 4 is 33.4 Å². The van der Waals surface area contributed by atoms with Gasteiger partial charge in [-0.05, 0) is 42.0 Å². The Hall–Kier alpha value is -2.96. The zero-order chi connectivity index (χ0) is 21.3. The second-order valence-electron chi connectivity index (χ2n) is 6.75. The van der Waals surface area contributed by atoms with Crippen LogP contribution in [0.4, 0.5) is 5.69 Å². The molecule has 0 heterocycles. The van der Waals surface area contributed by atoms with E-state index in [0.29, 0.717) is 36.5 Å². The van der Waals surface area contributed by atoms with E-state index in [-0.39, 0.29) is 11.8 Å². The molecule has 0 spiro atoms. The zero-order valence-corrected chi connectivity index (χ0v) is 18.3. The second kappa shape index (κ2) is 10.7. The molecule has 0 fully saturated rings. The summed E-state index contributed by atoms with van der Waals surface area (Å²) in [4.78, 5) is 27.4. The maximum absolute atomic E-state index is 13.2. The number of amides is 2. The highest BCUT2D eigenvalue weighted by Crippen LogP contribution is 2.17. The molecule has 2 amide bonds. The number of benzene rings is 3. The van der Waals surface area contributed by atoms with Gasteiger partial charge in [-0.15, -0.1) is 0 Å². The molecule has 0 aliphatic heterocycles. The Morgan fingerprint density at radius 1 is 0.933 bits per heavy atom. The van der Waals surface area contributed by atoms with Crippen molar-refractivity contribution in [3.05, 3.63) is 100 Å². The van der Waals surface area contributed by atoms with Crippen molar-refractivity contribution in [1.29, 1.82) is 0 Å². The fraction of sp³-hybridized carbons (Fsp3) is 0.167.